The van der Waals surface area contributed by atoms with E-state index in [1.807, 2.05) is 22.4 Å². The maximum absolute atomic E-state index is 13.1. The molecule has 4 rings (SSSR count). The summed E-state index contributed by atoms with van der Waals surface area (Å²) in [4.78, 5) is 33.3. The third-order valence-corrected chi connectivity index (χ3v) is 7.31. The summed E-state index contributed by atoms with van der Waals surface area (Å²) < 4.78 is 0. The van der Waals surface area contributed by atoms with Crippen LogP contribution in [0.4, 0.5) is 0 Å². The molecule has 148 valence electrons. The van der Waals surface area contributed by atoms with Crippen LogP contribution in [0.5, 0.6) is 0 Å². The van der Waals surface area contributed by atoms with Crippen LogP contribution in [0.2, 0.25) is 0 Å². The van der Waals surface area contributed by atoms with Crippen molar-refractivity contribution in [1.29, 1.82) is 0 Å². The largest absolute Gasteiger partial charge is 0.336 e. The summed E-state index contributed by atoms with van der Waals surface area (Å²) in [5.74, 6) is 0.702. The Morgan fingerprint density at radius 3 is 2.56 bits per heavy atom. The first-order valence-electron chi connectivity index (χ1n) is 10.6. The van der Waals surface area contributed by atoms with Crippen LogP contribution >= 0.6 is 11.3 Å². The van der Waals surface area contributed by atoms with Crippen LogP contribution in [0.15, 0.2) is 17.5 Å². The molecule has 2 amide bonds. The highest BCUT2D eigenvalue weighted by molar-refractivity contribution is 7.12. The number of piperidine rings is 1. The van der Waals surface area contributed by atoms with E-state index in [2.05, 4.69) is 9.80 Å². The SMILES string of the molecule is O=C(c1cccs1)N1CCCC(N(CCN2CCCC2)C(=O)C2CCC2)C1. The predicted octanol–water partition coefficient (Wildman–Crippen LogP) is 3.08. The molecule has 3 aliphatic rings. The average molecular weight is 390 g/mol. The quantitative estimate of drug-likeness (QED) is 0.751. The average Bonchev–Trinajstić information content (AvgIpc) is 3.34. The molecule has 1 aromatic rings. The summed E-state index contributed by atoms with van der Waals surface area (Å²) in [5, 5.41) is 1.96. The van der Waals surface area contributed by atoms with Crippen molar-refractivity contribution in [2.24, 2.45) is 5.92 Å². The van der Waals surface area contributed by atoms with Crippen molar-refractivity contribution in [3.05, 3.63) is 22.4 Å². The summed E-state index contributed by atoms with van der Waals surface area (Å²) in [7, 11) is 0. The molecule has 3 heterocycles. The van der Waals surface area contributed by atoms with Gasteiger partial charge in [0.05, 0.1) is 4.88 Å². The smallest absolute Gasteiger partial charge is 0.263 e. The van der Waals surface area contributed by atoms with Gasteiger partial charge >= 0.3 is 0 Å². The summed E-state index contributed by atoms with van der Waals surface area (Å²) in [6, 6.07) is 4.02. The molecule has 6 heteroatoms. The van der Waals surface area contributed by atoms with E-state index in [0.717, 1.165) is 50.2 Å². The third-order valence-electron chi connectivity index (χ3n) is 6.45. The minimum absolute atomic E-state index is 0.130. The fraction of sp³-hybridized carbons (Fsp3) is 0.714. The molecular formula is C21H31N3O2S. The molecule has 0 bridgehead atoms. The molecule has 1 aromatic heterocycles. The second-order valence-corrected chi connectivity index (χ2v) is 9.18. The maximum Gasteiger partial charge on any atom is 0.263 e. The van der Waals surface area contributed by atoms with Gasteiger partial charge in [0.2, 0.25) is 5.91 Å². The van der Waals surface area contributed by atoms with Gasteiger partial charge in [-0.25, -0.2) is 0 Å². The van der Waals surface area contributed by atoms with Crippen molar-refractivity contribution in [1.82, 2.24) is 14.7 Å². The van der Waals surface area contributed by atoms with Crippen molar-refractivity contribution in [2.45, 2.75) is 51.0 Å². The van der Waals surface area contributed by atoms with Gasteiger partial charge in [0.1, 0.15) is 0 Å². The molecule has 5 nitrogen and oxygen atoms in total. The summed E-state index contributed by atoms with van der Waals surface area (Å²) in [6.45, 7) is 5.63. The number of thiophene rings is 1. The zero-order valence-electron chi connectivity index (χ0n) is 16.1. The van der Waals surface area contributed by atoms with Crippen molar-refractivity contribution >= 4 is 23.2 Å². The second kappa shape index (κ2) is 8.74. The number of likely N-dealkylation sites (tertiary alicyclic amines) is 2. The lowest BCUT2D eigenvalue weighted by Crippen LogP contribution is -2.55. The monoisotopic (exact) mass is 389 g/mol. The van der Waals surface area contributed by atoms with Gasteiger partial charge in [0, 0.05) is 38.1 Å². The van der Waals surface area contributed by atoms with Crippen LogP contribution in [-0.2, 0) is 4.79 Å². The van der Waals surface area contributed by atoms with Gasteiger partial charge < -0.3 is 14.7 Å². The summed E-state index contributed by atoms with van der Waals surface area (Å²) in [6.07, 6.45) is 7.84. The molecule has 1 aliphatic carbocycles. The molecule has 2 aliphatic heterocycles. The van der Waals surface area contributed by atoms with Crippen molar-refractivity contribution in [3.8, 4) is 0 Å². The summed E-state index contributed by atoms with van der Waals surface area (Å²) >= 11 is 1.51. The molecule has 1 atom stereocenters. The Hall–Kier alpha value is -1.40. The Labute approximate surface area is 166 Å². The van der Waals surface area contributed by atoms with E-state index in [4.69, 9.17) is 0 Å². The molecule has 0 spiro atoms. The van der Waals surface area contributed by atoms with Gasteiger partial charge in [0.25, 0.3) is 5.91 Å². The molecule has 1 saturated carbocycles. The first kappa shape index (κ1) is 18.9. The van der Waals surface area contributed by atoms with E-state index in [0.29, 0.717) is 12.5 Å². The molecule has 1 unspecified atom stereocenters. The van der Waals surface area contributed by atoms with Crippen LogP contribution in [0.1, 0.15) is 54.6 Å². The van der Waals surface area contributed by atoms with Crippen LogP contribution in [0.25, 0.3) is 0 Å². The van der Waals surface area contributed by atoms with Crippen LogP contribution < -0.4 is 0 Å². The number of nitrogens with zero attached hydrogens (tertiary/aromatic N) is 3. The third kappa shape index (κ3) is 4.37. The number of amides is 2. The van der Waals surface area contributed by atoms with Gasteiger partial charge in [-0.2, -0.15) is 0 Å². The maximum atomic E-state index is 13.1. The standard InChI is InChI=1S/C21H31N3O2S/c25-20(17-6-3-7-17)24(14-13-22-10-1-2-11-22)18-8-4-12-23(16-18)21(26)19-9-5-15-27-19/h5,9,15,17-18H,1-4,6-8,10-14,16H2. The van der Waals surface area contributed by atoms with Gasteiger partial charge in [-0.1, -0.05) is 12.5 Å². The first-order chi connectivity index (χ1) is 13.2. The van der Waals surface area contributed by atoms with E-state index in [-0.39, 0.29) is 17.9 Å². The normalized spacial score (nSPS) is 24.0. The van der Waals surface area contributed by atoms with Gasteiger partial charge in [-0.15, -0.1) is 11.3 Å². The Bertz CT molecular complexity index is 638. The summed E-state index contributed by atoms with van der Waals surface area (Å²) in [5.41, 5.74) is 0. The number of hydrogen-bond donors (Lipinski definition) is 0. The van der Waals surface area contributed by atoms with Crippen LogP contribution in [-0.4, -0.2) is 71.8 Å². The lowest BCUT2D eigenvalue weighted by molar-refractivity contribution is -0.141. The molecule has 0 N–H and O–H groups in total. The Morgan fingerprint density at radius 1 is 1.07 bits per heavy atom. The minimum Gasteiger partial charge on any atom is -0.336 e. The lowest BCUT2D eigenvalue weighted by atomic mass is 9.83. The zero-order chi connectivity index (χ0) is 18.6. The van der Waals surface area contributed by atoms with Crippen molar-refractivity contribution < 1.29 is 9.59 Å². The van der Waals surface area contributed by atoms with Gasteiger partial charge in [-0.3, -0.25) is 9.59 Å². The fourth-order valence-electron chi connectivity index (χ4n) is 4.57. The van der Waals surface area contributed by atoms with Gasteiger partial charge in [-0.05, 0) is 63.1 Å². The van der Waals surface area contributed by atoms with Crippen molar-refractivity contribution in [2.75, 3.05) is 39.3 Å². The van der Waals surface area contributed by atoms with E-state index in [1.165, 1.54) is 43.7 Å². The molecule has 0 radical (unpaired) electrons. The van der Waals surface area contributed by atoms with E-state index in [9.17, 15) is 9.59 Å². The van der Waals surface area contributed by atoms with Crippen LogP contribution in [0.3, 0.4) is 0 Å². The minimum atomic E-state index is 0.130. The number of carbonyl (C=O) groups excluding carboxylic acids is 2. The number of rotatable bonds is 6. The van der Waals surface area contributed by atoms with Gasteiger partial charge in [0.15, 0.2) is 0 Å². The van der Waals surface area contributed by atoms with E-state index in [1.54, 1.807) is 0 Å². The molecule has 0 aromatic carbocycles. The molecule has 27 heavy (non-hydrogen) atoms. The van der Waals surface area contributed by atoms with Crippen LogP contribution in [0, 0.1) is 5.92 Å². The lowest BCUT2D eigenvalue weighted by Gasteiger charge is -2.42. The predicted molar refractivity (Wildman–Crippen MR) is 108 cm³/mol. The highest BCUT2D eigenvalue weighted by Crippen LogP contribution is 2.30. The van der Waals surface area contributed by atoms with E-state index < -0.39 is 0 Å². The topological polar surface area (TPSA) is 43.9 Å². The first-order valence-corrected chi connectivity index (χ1v) is 11.5. The Morgan fingerprint density at radius 2 is 1.89 bits per heavy atom. The number of hydrogen-bond acceptors (Lipinski definition) is 4. The van der Waals surface area contributed by atoms with Crippen molar-refractivity contribution in [3.63, 3.8) is 0 Å². The van der Waals surface area contributed by atoms with E-state index >= 15 is 0 Å². The Balaban J connectivity index is 1.42. The Kier molecular flexibility index (Phi) is 6.13. The number of carbonyl (C=O) groups is 2. The molecule has 2 saturated heterocycles. The highest BCUT2D eigenvalue weighted by Gasteiger charge is 2.36. The highest BCUT2D eigenvalue weighted by atomic mass is 32.1. The zero-order valence-corrected chi connectivity index (χ0v) is 17.0. The molecule has 3 fully saturated rings. The molecular weight excluding hydrogens is 358 g/mol. The fourth-order valence-corrected chi connectivity index (χ4v) is 5.26. The second-order valence-electron chi connectivity index (χ2n) is 8.23.